The minimum atomic E-state index is -0.301. The van der Waals surface area contributed by atoms with Crippen LogP contribution in [0.4, 0.5) is 0 Å². The molecule has 2 atom stereocenters. The van der Waals surface area contributed by atoms with Crippen LogP contribution in [0.25, 0.3) is 5.69 Å². The molecule has 0 aliphatic heterocycles. The number of aromatic nitrogens is 4. The molecule has 29 heavy (non-hydrogen) atoms. The number of aryl methyl sites for hydroxylation is 3. The van der Waals surface area contributed by atoms with Gasteiger partial charge >= 0.3 is 0 Å². The molecule has 0 fully saturated rings. The number of nitrogens with zero attached hydrogens (tertiary/aromatic N) is 4. The fraction of sp³-hybridized carbons (Fsp3) is 0.364. The first-order valence-corrected chi connectivity index (χ1v) is 10.7. The predicted octanol–water partition coefficient (Wildman–Crippen LogP) is 3.90. The second kappa shape index (κ2) is 9.69. The van der Waals surface area contributed by atoms with Gasteiger partial charge in [0.2, 0.25) is 11.1 Å². The Balaban J connectivity index is 1.58. The molecule has 1 amide bonds. The van der Waals surface area contributed by atoms with Gasteiger partial charge in [-0.25, -0.2) is 0 Å². The molecule has 0 spiro atoms. The minimum Gasteiger partial charge on any atom is -0.353 e. The van der Waals surface area contributed by atoms with Crippen LogP contribution >= 0.6 is 11.8 Å². The first-order chi connectivity index (χ1) is 13.9. The van der Waals surface area contributed by atoms with Crippen LogP contribution in [0.3, 0.4) is 0 Å². The average molecular weight is 410 g/mol. The Bertz CT molecular complexity index is 957. The van der Waals surface area contributed by atoms with Crippen LogP contribution in [-0.4, -0.2) is 37.4 Å². The van der Waals surface area contributed by atoms with Crippen LogP contribution in [0.15, 0.2) is 53.7 Å². The molecule has 0 saturated heterocycles. The maximum atomic E-state index is 12.6. The fourth-order valence-corrected chi connectivity index (χ4v) is 3.93. The minimum absolute atomic E-state index is 0.00857. The largest absolute Gasteiger partial charge is 0.353 e. The van der Waals surface area contributed by atoms with Crippen molar-refractivity contribution in [3.8, 4) is 5.69 Å². The Morgan fingerprint density at radius 2 is 1.90 bits per heavy atom. The Morgan fingerprint density at radius 1 is 1.14 bits per heavy atom. The lowest BCUT2D eigenvalue weighted by molar-refractivity contribution is -0.120. The molecule has 7 heteroatoms. The fourth-order valence-electron chi connectivity index (χ4n) is 3.12. The van der Waals surface area contributed by atoms with E-state index in [1.165, 1.54) is 22.9 Å². The summed E-state index contributed by atoms with van der Waals surface area (Å²) in [5.41, 5.74) is 4.48. The highest BCUT2D eigenvalue weighted by Gasteiger charge is 2.21. The van der Waals surface area contributed by atoms with Crippen molar-refractivity contribution in [1.29, 1.82) is 0 Å². The van der Waals surface area contributed by atoms with Crippen LogP contribution in [0.5, 0.6) is 0 Å². The molecule has 0 unspecified atom stereocenters. The molecule has 2 aromatic carbocycles. The van der Waals surface area contributed by atoms with Gasteiger partial charge in [0.25, 0.3) is 0 Å². The number of nitrogens with one attached hydrogen (secondary N) is 1. The number of thioether (sulfide) groups is 1. The van der Waals surface area contributed by atoms with E-state index in [2.05, 4.69) is 46.0 Å². The van der Waals surface area contributed by atoms with Gasteiger partial charge in [0, 0.05) is 6.04 Å². The first kappa shape index (κ1) is 21.0. The number of hydrogen-bond acceptors (Lipinski definition) is 5. The summed E-state index contributed by atoms with van der Waals surface area (Å²) in [5, 5.41) is 15.5. The van der Waals surface area contributed by atoms with Crippen molar-refractivity contribution < 1.29 is 4.79 Å². The quantitative estimate of drug-likeness (QED) is 0.571. The van der Waals surface area contributed by atoms with Crippen LogP contribution in [0.1, 0.15) is 37.0 Å². The van der Waals surface area contributed by atoms with Crippen LogP contribution in [0.2, 0.25) is 0 Å². The van der Waals surface area contributed by atoms with Crippen molar-refractivity contribution >= 4 is 17.7 Å². The topological polar surface area (TPSA) is 72.7 Å². The second-order valence-electron chi connectivity index (χ2n) is 7.36. The van der Waals surface area contributed by atoms with Gasteiger partial charge in [-0.3, -0.25) is 4.79 Å². The van der Waals surface area contributed by atoms with Gasteiger partial charge in [-0.05, 0) is 68.2 Å². The van der Waals surface area contributed by atoms with Gasteiger partial charge in [0.05, 0.1) is 10.9 Å². The number of carbonyl (C=O) groups is 1. The molecule has 6 nitrogen and oxygen atoms in total. The number of amides is 1. The number of tetrazole rings is 1. The van der Waals surface area contributed by atoms with Crippen LogP contribution < -0.4 is 5.32 Å². The van der Waals surface area contributed by atoms with E-state index in [1.54, 1.807) is 4.68 Å². The molecule has 3 aromatic rings. The normalized spacial score (nSPS) is 13.1. The maximum absolute atomic E-state index is 12.6. The molecule has 1 heterocycles. The van der Waals surface area contributed by atoms with Gasteiger partial charge in [-0.2, -0.15) is 4.68 Å². The second-order valence-corrected chi connectivity index (χ2v) is 8.67. The number of rotatable bonds is 8. The number of hydrogen-bond donors (Lipinski definition) is 1. The smallest absolute Gasteiger partial charge is 0.233 e. The molecular weight excluding hydrogens is 382 g/mol. The van der Waals surface area contributed by atoms with E-state index in [0.717, 1.165) is 24.1 Å². The highest BCUT2D eigenvalue weighted by Crippen LogP contribution is 2.25. The zero-order chi connectivity index (χ0) is 20.8. The van der Waals surface area contributed by atoms with E-state index in [9.17, 15) is 4.79 Å². The Hall–Kier alpha value is -2.67. The van der Waals surface area contributed by atoms with Gasteiger partial charge in [-0.1, -0.05) is 59.8 Å². The van der Waals surface area contributed by atoms with Crippen molar-refractivity contribution in [2.45, 2.75) is 57.0 Å². The van der Waals surface area contributed by atoms with E-state index < -0.39 is 0 Å². The first-order valence-electron chi connectivity index (χ1n) is 9.81. The lowest BCUT2D eigenvalue weighted by atomic mass is 10.1. The summed E-state index contributed by atoms with van der Waals surface area (Å²) in [6.07, 6.45) is 1.84. The standard InChI is InChI=1S/C22H27N5OS/c1-15-10-13-20(16(2)14-15)27-22(24-25-26-27)29-18(4)21(28)23-17(3)11-12-19-8-6-5-7-9-19/h5-10,13-14,17-18H,11-12H2,1-4H3,(H,23,28)/t17-,18-/m0/s1. The van der Waals surface area contributed by atoms with Crippen molar-refractivity contribution in [1.82, 2.24) is 25.5 Å². The van der Waals surface area contributed by atoms with Crippen molar-refractivity contribution in [3.05, 3.63) is 65.2 Å². The molecule has 1 aromatic heterocycles. The van der Waals surface area contributed by atoms with Crippen molar-refractivity contribution in [2.24, 2.45) is 0 Å². The summed E-state index contributed by atoms with van der Waals surface area (Å²) >= 11 is 1.36. The number of benzene rings is 2. The van der Waals surface area contributed by atoms with E-state index in [-0.39, 0.29) is 17.2 Å². The highest BCUT2D eigenvalue weighted by atomic mass is 32.2. The average Bonchev–Trinajstić information content (AvgIpc) is 3.15. The van der Waals surface area contributed by atoms with E-state index in [4.69, 9.17) is 0 Å². The summed E-state index contributed by atoms with van der Waals surface area (Å²) in [4.78, 5) is 12.6. The summed E-state index contributed by atoms with van der Waals surface area (Å²) < 4.78 is 1.70. The molecule has 0 saturated carbocycles. The SMILES string of the molecule is Cc1ccc(-n2nnnc2S[C@@H](C)C(=O)N[C@@H](C)CCc2ccccc2)c(C)c1. The van der Waals surface area contributed by atoms with Crippen molar-refractivity contribution in [2.75, 3.05) is 0 Å². The Labute approximate surface area is 176 Å². The molecule has 0 radical (unpaired) electrons. The Morgan fingerprint density at radius 3 is 2.62 bits per heavy atom. The maximum Gasteiger partial charge on any atom is 0.233 e. The van der Waals surface area contributed by atoms with Crippen LogP contribution in [-0.2, 0) is 11.2 Å². The molecule has 152 valence electrons. The molecule has 0 aliphatic carbocycles. The zero-order valence-electron chi connectivity index (χ0n) is 17.3. The zero-order valence-corrected chi connectivity index (χ0v) is 18.1. The van der Waals surface area contributed by atoms with Gasteiger partial charge in [-0.15, -0.1) is 5.10 Å². The molecule has 0 bridgehead atoms. The predicted molar refractivity (Wildman–Crippen MR) is 116 cm³/mol. The molecule has 0 aliphatic rings. The highest BCUT2D eigenvalue weighted by molar-refractivity contribution is 8.00. The summed E-state index contributed by atoms with van der Waals surface area (Å²) in [6.45, 7) is 8.00. The van der Waals surface area contributed by atoms with E-state index in [0.29, 0.717) is 5.16 Å². The summed E-state index contributed by atoms with van der Waals surface area (Å²) in [7, 11) is 0. The third kappa shape index (κ3) is 5.67. The summed E-state index contributed by atoms with van der Waals surface area (Å²) in [6, 6.07) is 16.5. The Kier molecular flexibility index (Phi) is 7.04. The number of carbonyl (C=O) groups excluding carboxylic acids is 1. The van der Waals surface area contributed by atoms with Gasteiger partial charge in [0.15, 0.2) is 0 Å². The van der Waals surface area contributed by atoms with Gasteiger partial charge in [0.1, 0.15) is 0 Å². The van der Waals surface area contributed by atoms with E-state index in [1.807, 2.05) is 51.1 Å². The monoisotopic (exact) mass is 409 g/mol. The lowest BCUT2D eigenvalue weighted by Crippen LogP contribution is -2.38. The third-order valence-electron chi connectivity index (χ3n) is 4.77. The van der Waals surface area contributed by atoms with Crippen LogP contribution in [0, 0.1) is 13.8 Å². The van der Waals surface area contributed by atoms with E-state index >= 15 is 0 Å². The van der Waals surface area contributed by atoms with Gasteiger partial charge < -0.3 is 5.32 Å². The van der Waals surface area contributed by atoms with Crippen molar-refractivity contribution in [3.63, 3.8) is 0 Å². The lowest BCUT2D eigenvalue weighted by Gasteiger charge is -2.17. The molecular formula is C22H27N5OS. The summed E-state index contributed by atoms with van der Waals surface area (Å²) in [5.74, 6) is -0.00857. The molecule has 1 N–H and O–H groups in total. The molecule has 3 rings (SSSR count). The third-order valence-corrected chi connectivity index (χ3v) is 5.80.